The molecule has 0 fully saturated rings. The number of thioether (sulfide) groups is 1. The van der Waals surface area contributed by atoms with E-state index in [1.54, 1.807) is 42.5 Å². The summed E-state index contributed by atoms with van der Waals surface area (Å²) in [7, 11) is 0. The molecule has 172 valence electrons. The van der Waals surface area contributed by atoms with Crippen LogP contribution in [0, 0.1) is 0 Å². The summed E-state index contributed by atoms with van der Waals surface area (Å²) < 4.78 is 5.45. The Hall–Kier alpha value is -4.11. The molecule has 3 amide bonds. The molecule has 0 spiro atoms. The molecule has 0 atom stereocenters. The van der Waals surface area contributed by atoms with Gasteiger partial charge in [0.05, 0.1) is 17.9 Å². The zero-order valence-electron chi connectivity index (χ0n) is 18.1. The molecule has 2 N–H and O–H groups in total. The summed E-state index contributed by atoms with van der Waals surface area (Å²) in [4.78, 5) is 37.6. The van der Waals surface area contributed by atoms with Crippen LogP contribution >= 0.6 is 11.8 Å². The molecule has 0 unspecified atom stereocenters. The summed E-state index contributed by atoms with van der Waals surface area (Å²) in [5, 5.41) is 11.0. The van der Waals surface area contributed by atoms with E-state index >= 15 is 0 Å². The number of amidine groups is 1. The number of hydrazone groups is 1. The van der Waals surface area contributed by atoms with Crippen LogP contribution in [0.3, 0.4) is 0 Å². The lowest BCUT2D eigenvalue weighted by molar-refractivity contribution is -0.118. The van der Waals surface area contributed by atoms with Crippen LogP contribution in [0.2, 0.25) is 0 Å². The number of carbonyl (C=O) groups is 3. The number of benzene rings is 3. The van der Waals surface area contributed by atoms with E-state index in [0.717, 1.165) is 4.90 Å². The molecular formula is C25H22N4O4S. The van der Waals surface area contributed by atoms with Crippen LogP contribution in [0.15, 0.2) is 94.9 Å². The maximum absolute atomic E-state index is 12.4. The van der Waals surface area contributed by atoms with Crippen LogP contribution in [0.5, 0.6) is 5.75 Å². The molecule has 0 saturated heterocycles. The predicted octanol–water partition coefficient (Wildman–Crippen LogP) is 3.66. The lowest BCUT2D eigenvalue weighted by Crippen LogP contribution is -2.31. The molecule has 0 radical (unpaired) electrons. The van der Waals surface area contributed by atoms with Crippen molar-refractivity contribution in [2.45, 2.75) is 11.3 Å². The maximum atomic E-state index is 12.4. The molecule has 8 nitrogen and oxygen atoms in total. The molecule has 0 bridgehead atoms. The summed E-state index contributed by atoms with van der Waals surface area (Å²) in [5.41, 5.74) is 1.26. The first kappa shape index (κ1) is 23.1. The molecule has 3 aromatic carbocycles. The number of nitrogens with zero attached hydrogens (tertiary/aromatic N) is 2. The van der Waals surface area contributed by atoms with Gasteiger partial charge in [-0.15, -0.1) is 11.8 Å². The lowest BCUT2D eigenvalue weighted by atomic mass is 10.3. The predicted molar refractivity (Wildman–Crippen MR) is 132 cm³/mol. The number of nitrogens with one attached hydrogen (secondary N) is 2. The number of carbonyl (C=O) groups excluding carboxylic acids is 3. The number of ether oxygens (including phenoxy) is 1. The molecule has 1 heterocycles. The Morgan fingerprint density at radius 1 is 0.912 bits per heavy atom. The first-order chi connectivity index (χ1) is 16.6. The van der Waals surface area contributed by atoms with Gasteiger partial charge in [0.1, 0.15) is 11.6 Å². The molecular weight excluding hydrogens is 452 g/mol. The van der Waals surface area contributed by atoms with Crippen LogP contribution in [-0.2, 0) is 14.4 Å². The summed E-state index contributed by atoms with van der Waals surface area (Å²) in [6.45, 7) is -0.107. The average Bonchev–Trinajstić information content (AvgIpc) is 3.22. The van der Waals surface area contributed by atoms with Crippen LogP contribution in [0.25, 0.3) is 0 Å². The zero-order chi connectivity index (χ0) is 23.8. The number of rotatable bonds is 8. The van der Waals surface area contributed by atoms with Crippen molar-refractivity contribution in [2.24, 2.45) is 5.10 Å². The number of hydrogen-bond acceptors (Lipinski definition) is 6. The van der Waals surface area contributed by atoms with Gasteiger partial charge in [0.25, 0.3) is 11.8 Å². The van der Waals surface area contributed by atoms with Gasteiger partial charge in [-0.1, -0.05) is 42.5 Å². The highest BCUT2D eigenvalue weighted by molar-refractivity contribution is 8.00. The van der Waals surface area contributed by atoms with E-state index in [1.165, 1.54) is 16.8 Å². The molecule has 0 aromatic heterocycles. The first-order valence-electron chi connectivity index (χ1n) is 10.5. The van der Waals surface area contributed by atoms with E-state index in [9.17, 15) is 14.4 Å². The van der Waals surface area contributed by atoms with Crippen LogP contribution < -0.4 is 20.4 Å². The minimum Gasteiger partial charge on any atom is -0.484 e. The number of para-hydroxylation sites is 2. The standard InChI is InChI=1S/C25H22N4O4S/c30-23(16-33-20-11-5-2-6-12-20)26-18-8-7-13-21(14-18)34-17-24(31)27-22-15-25(32)29(28-22)19-9-3-1-4-10-19/h1-14H,15-17H2,(H,26,30)(H,27,28,31). The van der Waals surface area contributed by atoms with Gasteiger partial charge >= 0.3 is 0 Å². The second-order valence-electron chi connectivity index (χ2n) is 7.28. The molecule has 0 saturated carbocycles. The van der Waals surface area contributed by atoms with Crippen molar-refractivity contribution in [3.05, 3.63) is 84.9 Å². The Bertz CT molecular complexity index is 1200. The minimum absolute atomic E-state index is 0.0396. The van der Waals surface area contributed by atoms with Crippen molar-refractivity contribution >= 4 is 46.7 Å². The fourth-order valence-corrected chi connectivity index (χ4v) is 3.90. The van der Waals surface area contributed by atoms with Gasteiger partial charge < -0.3 is 15.4 Å². The van der Waals surface area contributed by atoms with Gasteiger partial charge in [-0.2, -0.15) is 10.1 Å². The number of anilines is 2. The van der Waals surface area contributed by atoms with Crippen molar-refractivity contribution in [2.75, 3.05) is 22.7 Å². The molecule has 1 aliphatic rings. The molecule has 34 heavy (non-hydrogen) atoms. The van der Waals surface area contributed by atoms with Gasteiger partial charge in [0.2, 0.25) is 5.91 Å². The monoisotopic (exact) mass is 474 g/mol. The topological polar surface area (TPSA) is 100 Å². The van der Waals surface area contributed by atoms with Crippen molar-refractivity contribution in [1.29, 1.82) is 0 Å². The average molecular weight is 475 g/mol. The van der Waals surface area contributed by atoms with E-state index in [0.29, 0.717) is 23.0 Å². The highest BCUT2D eigenvalue weighted by Crippen LogP contribution is 2.22. The van der Waals surface area contributed by atoms with Gasteiger partial charge in [0, 0.05) is 10.6 Å². The Morgan fingerprint density at radius 2 is 1.65 bits per heavy atom. The second-order valence-corrected chi connectivity index (χ2v) is 8.33. The molecule has 4 rings (SSSR count). The van der Waals surface area contributed by atoms with Crippen LogP contribution in [0.4, 0.5) is 11.4 Å². The molecule has 9 heteroatoms. The fraction of sp³-hybridized carbons (Fsp3) is 0.120. The van der Waals surface area contributed by atoms with E-state index in [4.69, 9.17) is 4.74 Å². The third kappa shape index (κ3) is 6.46. The Morgan fingerprint density at radius 3 is 2.41 bits per heavy atom. The largest absolute Gasteiger partial charge is 0.484 e. The minimum atomic E-state index is -0.282. The fourth-order valence-electron chi connectivity index (χ4n) is 3.14. The smallest absolute Gasteiger partial charge is 0.262 e. The van der Waals surface area contributed by atoms with E-state index < -0.39 is 0 Å². The van der Waals surface area contributed by atoms with Gasteiger partial charge in [-0.3, -0.25) is 14.4 Å². The number of hydrogen-bond donors (Lipinski definition) is 2. The van der Waals surface area contributed by atoms with Crippen LogP contribution in [0.1, 0.15) is 6.42 Å². The summed E-state index contributed by atoms with van der Waals surface area (Å²) >= 11 is 1.31. The van der Waals surface area contributed by atoms with Crippen molar-refractivity contribution in [1.82, 2.24) is 5.32 Å². The first-order valence-corrected chi connectivity index (χ1v) is 11.5. The third-order valence-electron chi connectivity index (χ3n) is 4.66. The van der Waals surface area contributed by atoms with E-state index in [1.807, 2.05) is 42.5 Å². The number of amides is 3. The maximum Gasteiger partial charge on any atom is 0.262 e. The molecule has 3 aromatic rings. The van der Waals surface area contributed by atoms with Crippen molar-refractivity contribution in [3.63, 3.8) is 0 Å². The quantitative estimate of drug-likeness (QED) is 0.486. The highest BCUT2D eigenvalue weighted by Gasteiger charge is 2.26. The van der Waals surface area contributed by atoms with Crippen molar-refractivity contribution in [3.8, 4) is 5.75 Å². The lowest BCUT2D eigenvalue weighted by Gasteiger charge is -2.10. The highest BCUT2D eigenvalue weighted by atomic mass is 32.2. The Kier molecular flexibility index (Phi) is 7.56. The third-order valence-corrected chi connectivity index (χ3v) is 5.65. The summed E-state index contributed by atoms with van der Waals surface area (Å²) in [6, 6.07) is 25.3. The van der Waals surface area contributed by atoms with Gasteiger partial charge in [-0.25, -0.2) is 0 Å². The summed E-state index contributed by atoms with van der Waals surface area (Å²) in [5.74, 6) is 0.321. The SMILES string of the molecule is O=C(CSc1cccc(NC(=O)COc2ccccc2)c1)NC1=NN(c2ccccc2)C(=O)C1. The van der Waals surface area contributed by atoms with Crippen molar-refractivity contribution < 1.29 is 19.1 Å². The Labute approximate surface area is 201 Å². The van der Waals surface area contributed by atoms with E-state index in [2.05, 4.69) is 15.7 Å². The molecule has 1 aliphatic heterocycles. The second kappa shape index (κ2) is 11.2. The molecule has 0 aliphatic carbocycles. The van der Waals surface area contributed by atoms with Crippen LogP contribution in [-0.4, -0.2) is 35.9 Å². The zero-order valence-corrected chi connectivity index (χ0v) is 19.0. The van der Waals surface area contributed by atoms with Gasteiger partial charge in [0.15, 0.2) is 6.61 Å². The Balaban J connectivity index is 1.25. The van der Waals surface area contributed by atoms with Gasteiger partial charge in [-0.05, 0) is 42.5 Å². The normalized spacial score (nSPS) is 12.8. The van der Waals surface area contributed by atoms with E-state index in [-0.39, 0.29) is 36.5 Å². The summed E-state index contributed by atoms with van der Waals surface area (Å²) in [6.07, 6.45) is 0.0396.